The lowest BCUT2D eigenvalue weighted by molar-refractivity contribution is 0.0697. The fourth-order valence-electron chi connectivity index (χ4n) is 3.00. The molecule has 4 rings (SSSR count). The van der Waals surface area contributed by atoms with E-state index in [-0.39, 0.29) is 28.4 Å². The van der Waals surface area contributed by atoms with Gasteiger partial charge < -0.3 is 15.4 Å². The third kappa shape index (κ3) is 3.74. The normalized spacial score (nSPS) is 12.1. The number of carboxylic acid groups (broad SMARTS) is 1. The molecule has 0 aliphatic carbocycles. The number of H-pyrrole nitrogens is 1. The number of nitrogens with one attached hydrogen (secondary N) is 2. The average molecular weight is 412 g/mol. The summed E-state index contributed by atoms with van der Waals surface area (Å²) in [5, 5.41) is 12.9. The van der Waals surface area contributed by atoms with Crippen molar-refractivity contribution < 1.29 is 14.3 Å². The molecule has 0 saturated heterocycles. The molecule has 3 N–H and O–H groups in total. The van der Waals surface area contributed by atoms with Gasteiger partial charge in [-0.2, -0.15) is 0 Å². The lowest BCUT2D eigenvalue weighted by atomic mass is 10.1. The lowest BCUT2D eigenvalue weighted by Crippen LogP contribution is -2.12. The van der Waals surface area contributed by atoms with Crippen LogP contribution in [-0.2, 0) is 0 Å². The lowest BCUT2D eigenvalue weighted by Gasteiger charge is -2.17. The predicted octanol–water partition coefficient (Wildman–Crippen LogP) is 4.68. The molecule has 1 aromatic carbocycles. The largest absolute Gasteiger partial charge is 0.478 e. The van der Waals surface area contributed by atoms with Gasteiger partial charge >= 0.3 is 5.97 Å². The van der Waals surface area contributed by atoms with E-state index in [2.05, 4.69) is 25.3 Å². The highest BCUT2D eigenvalue weighted by Gasteiger charge is 2.18. The number of carboxylic acids is 1. The molecule has 29 heavy (non-hydrogen) atoms. The van der Waals surface area contributed by atoms with Gasteiger partial charge in [-0.25, -0.2) is 24.1 Å². The van der Waals surface area contributed by atoms with Crippen LogP contribution in [0.5, 0.6) is 0 Å². The molecule has 0 spiro atoms. The maximum atomic E-state index is 13.2. The van der Waals surface area contributed by atoms with E-state index in [1.165, 1.54) is 24.4 Å². The minimum Gasteiger partial charge on any atom is -0.478 e. The summed E-state index contributed by atoms with van der Waals surface area (Å²) in [7, 11) is 0. The van der Waals surface area contributed by atoms with Crippen molar-refractivity contribution >= 4 is 34.6 Å². The van der Waals surface area contributed by atoms with Gasteiger partial charge in [0.25, 0.3) is 0 Å². The van der Waals surface area contributed by atoms with Crippen LogP contribution in [0.25, 0.3) is 22.4 Å². The number of rotatable bonds is 5. The van der Waals surface area contributed by atoms with Gasteiger partial charge in [-0.1, -0.05) is 23.7 Å². The van der Waals surface area contributed by atoms with Gasteiger partial charge in [0, 0.05) is 17.8 Å². The zero-order chi connectivity index (χ0) is 20.5. The Kier molecular flexibility index (Phi) is 4.85. The Hall–Kier alpha value is -3.52. The molecule has 3 aromatic heterocycles. The van der Waals surface area contributed by atoms with E-state index in [0.29, 0.717) is 22.4 Å². The summed E-state index contributed by atoms with van der Waals surface area (Å²) in [6.45, 7) is 1.84. The van der Waals surface area contributed by atoms with Crippen molar-refractivity contribution in [3.63, 3.8) is 0 Å². The molecule has 0 amide bonds. The van der Waals surface area contributed by atoms with Gasteiger partial charge in [0.1, 0.15) is 27.9 Å². The van der Waals surface area contributed by atoms with E-state index in [9.17, 15) is 14.3 Å². The molecule has 0 aliphatic rings. The Morgan fingerprint density at radius 2 is 1.97 bits per heavy atom. The van der Waals surface area contributed by atoms with Gasteiger partial charge in [0.05, 0.1) is 11.9 Å². The highest BCUT2D eigenvalue weighted by atomic mass is 35.5. The van der Waals surface area contributed by atoms with Crippen LogP contribution in [-0.4, -0.2) is 31.0 Å². The minimum absolute atomic E-state index is 0.0201. The second-order valence-corrected chi connectivity index (χ2v) is 6.79. The van der Waals surface area contributed by atoms with Gasteiger partial charge in [0.2, 0.25) is 0 Å². The molecule has 4 aromatic rings. The minimum atomic E-state index is -1.11. The van der Waals surface area contributed by atoms with Crippen molar-refractivity contribution in [2.75, 3.05) is 5.32 Å². The molecule has 7 nitrogen and oxygen atoms in total. The average Bonchev–Trinajstić information content (AvgIpc) is 3.11. The number of anilines is 1. The summed E-state index contributed by atoms with van der Waals surface area (Å²) in [5.41, 5.74) is 3.04. The third-order valence-corrected chi connectivity index (χ3v) is 4.66. The Morgan fingerprint density at radius 1 is 1.21 bits per heavy atom. The summed E-state index contributed by atoms with van der Waals surface area (Å²) >= 11 is 5.96. The molecule has 0 aliphatic heterocycles. The van der Waals surface area contributed by atoms with Crippen molar-refractivity contribution in [3.05, 3.63) is 70.9 Å². The van der Waals surface area contributed by atoms with Crippen LogP contribution >= 0.6 is 11.6 Å². The molecule has 9 heteroatoms. The number of pyridine rings is 1. The molecular formula is C20H15ClFN5O2. The monoisotopic (exact) mass is 411 g/mol. The number of aromatic carboxylic acids is 1. The number of benzene rings is 1. The first-order valence-electron chi connectivity index (χ1n) is 8.68. The molecule has 0 radical (unpaired) electrons. The molecule has 0 bridgehead atoms. The molecule has 146 valence electrons. The molecular weight excluding hydrogens is 397 g/mol. The van der Waals surface area contributed by atoms with Crippen molar-refractivity contribution in [3.8, 4) is 11.3 Å². The van der Waals surface area contributed by atoms with Crippen LogP contribution in [0.4, 0.5) is 10.2 Å². The van der Waals surface area contributed by atoms with Crippen molar-refractivity contribution in [2.45, 2.75) is 13.0 Å². The van der Waals surface area contributed by atoms with Crippen molar-refractivity contribution in [2.24, 2.45) is 0 Å². The van der Waals surface area contributed by atoms with Crippen LogP contribution in [0, 0.1) is 5.82 Å². The quantitative estimate of drug-likeness (QED) is 0.440. The Labute approximate surface area is 169 Å². The number of carbonyl (C=O) groups is 1. The number of hydrogen-bond acceptors (Lipinski definition) is 5. The Balaban J connectivity index is 1.75. The van der Waals surface area contributed by atoms with Crippen LogP contribution in [0.3, 0.4) is 0 Å². The van der Waals surface area contributed by atoms with E-state index in [1.54, 1.807) is 24.4 Å². The summed E-state index contributed by atoms with van der Waals surface area (Å²) in [6, 6.07) is 8.74. The van der Waals surface area contributed by atoms with Crippen LogP contribution in [0.15, 0.2) is 48.8 Å². The smallest absolute Gasteiger partial charge is 0.339 e. The fourth-order valence-corrected chi connectivity index (χ4v) is 3.13. The predicted molar refractivity (Wildman–Crippen MR) is 108 cm³/mol. The first-order chi connectivity index (χ1) is 13.9. The zero-order valence-corrected chi connectivity index (χ0v) is 15.9. The van der Waals surface area contributed by atoms with Gasteiger partial charge in [-0.05, 0) is 36.8 Å². The highest BCUT2D eigenvalue weighted by molar-refractivity contribution is 6.29. The maximum Gasteiger partial charge on any atom is 0.339 e. The molecule has 1 atom stereocenters. The summed E-state index contributed by atoms with van der Waals surface area (Å²) < 4.78 is 13.2. The van der Waals surface area contributed by atoms with Crippen LogP contribution < -0.4 is 5.32 Å². The van der Waals surface area contributed by atoms with E-state index < -0.39 is 5.97 Å². The molecule has 0 fully saturated rings. The van der Waals surface area contributed by atoms with Crippen molar-refractivity contribution in [1.29, 1.82) is 0 Å². The topological polar surface area (TPSA) is 104 Å². The number of hydrogen-bond donors (Lipinski definition) is 3. The first kappa shape index (κ1) is 18.8. The highest BCUT2D eigenvalue weighted by Crippen LogP contribution is 2.29. The van der Waals surface area contributed by atoms with Gasteiger partial charge in [-0.15, -0.1) is 0 Å². The van der Waals surface area contributed by atoms with Crippen molar-refractivity contribution in [1.82, 2.24) is 19.9 Å². The zero-order valence-electron chi connectivity index (χ0n) is 15.1. The number of nitrogens with zero attached hydrogens (tertiary/aromatic N) is 3. The number of fused-ring (bicyclic) bond motifs is 1. The summed E-state index contributed by atoms with van der Waals surface area (Å²) in [4.78, 5) is 27.6. The molecule has 3 heterocycles. The van der Waals surface area contributed by atoms with Gasteiger partial charge in [-0.3, -0.25) is 0 Å². The second-order valence-electron chi connectivity index (χ2n) is 6.41. The second kappa shape index (κ2) is 7.48. The van der Waals surface area contributed by atoms with E-state index in [0.717, 1.165) is 5.56 Å². The SMILES string of the molecule is C[C@H](Nc1nc(-c2c[nH]c3ncc(Cl)nc23)ccc1C(=O)O)c1ccc(F)cc1. The molecule has 0 unspecified atom stereocenters. The fraction of sp³-hybridized carbons (Fsp3) is 0.100. The summed E-state index contributed by atoms with van der Waals surface area (Å²) in [5.74, 6) is -1.26. The third-order valence-electron chi connectivity index (χ3n) is 4.48. The summed E-state index contributed by atoms with van der Waals surface area (Å²) in [6.07, 6.45) is 3.12. The van der Waals surface area contributed by atoms with Gasteiger partial charge in [0.15, 0.2) is 5.65 Å². The number of aromatic amines is 1. The van der Waals surface area contributed by atoms with Crippen LogP contribution in [0.2, 0.25) is 5.15 Å². The standard InChI is InChI=1S/C20H15ClFN5O2/c1-10(11-2-4-12(22)5-3-11)25-18-13(20(28)29)6-7-15(26-18)14-8-23-19-17(14)27-16(21)9-24-19/h2-10H,1H3,(H,23,24)(H,25,26)(H,28,29)/t10-/m0/s1. The van der Waals surface area contributed by atoms with E-state index >= 15 is 0 Å². The maximum absolute atomic E-state index is 13.2. The van der Waals surface area contributed by atoms with Crippen LogP contribution in [0.1, 0.15) is 28.9 Å². The Bertz CT molecular complexity index is 1210. The number of aromatic nitrogens is 4. The van der Waals surface area contributed by atoms with E-state index in [4.69, 9.17) is 11.6 Å². The Morgan fingerprint density at radius 3 is 2.69 bits per heavy atom. The number of halogens is 2. The van der Waals surface area contributed by atoms with E-state index in [1.807, 2.05) is 6.92 Å². The molecule has 0 saturated carbocycles. The first-order valence-corrected chi connectivity index (χ1v) is 9.06.